The van der Waals surface area contributed by atoms with Gasteiger partial charge < -0.3 is 5.32 Å². The molecule has 1 nitrogen and oxygen atoms in total. The van der Waals surface area contributed by atoms with Gasteiger partial charge in [0.25, 0.3) is 0 Å². The quantitative estimate of drug-likeness (QED) is 0.733. The van der Waals surface area contributed by atoms with Crippen LogP contribution in [0.1, 0.15) is 44.6 Å². The van der Waals surface area contributed by atoms with Gasteiger partial charge in [0.05, 0.1) is 0 Å². The van der Waals surface area contributed by atoms with E-state index >= 15 is 0 Å². The van der Waals surface area contributed by atoms with E-state index in [2.05, 4.69) is 24.4 Å². The van der Waals surface area contributed by atoms with Gasteiger partial charge in [0.15, 0.2) is 0 Å². The summed E-state index contributed by atoms with van der Waals surface area (Å²) >= 11 is 6.18. The number of hydrogen-bond donors (Lipinski definition) is 1. The van der Waals surface area contributed by atoms with Gasteiger partial charge in [-0.3, -0.25) is 0 Å². The van der Waals surface area contributed by atoms with Gasteiger partial charge in [-0.1, -0.05) is 36.7 Å². The summed E-state index contributed by atoms with van der Waals surface area (Å²) in [6.07, 6.45) is 7.71. The first-order chi connectivity index (χ1) is 8.81. The van der Waals surface area contributed by atoms with E-state index in [0.29, 0.717) is 0 Å². The lowest BCUT2D eigenvalue weighted by Gasteiger charge is -2.17. The lowest BCUT2D eigenvalue weighted by atomic mass is 10.0. The van der Waals surface area contributed by atoms with Crippen molar-refractivity contribution in [1.82, 2.24) is 5.32 Å². The monoisotopic (exact) mass is 265 g/mol. The van der Waals surface area contributed by atoms with E-state index in [0.717, 1.165) is 29.9 Å². The highest BCUT2D eigenvalue weighted by Gasteiger charge is 2.29. The fourth-order valence-corrected chi connectivity index (χ4v) is 2.78. The zero-order valence-electron chi connectivity index (χ0n) is 11.3. The molecule has 0 bridgehead atoms. The lowest BCUT2D eigenvalue weighted by Crippen LogP contribution is -2.31. The molecule has 0 spiro atoms. The summed E-state index contributed by atoms with van der Waals surface area (Å²) in [6, 6.07) is 8.96. The van der Waals surface area contributed by atoms with E-state index in [4.69, 9.17) is 11.6 Å². The van der Waals surface area contributed by atoms with Crippen LogP contribution in [0.5, 0.6) is 0 Å². The summed E-state index contributed by atoms with van der Waals surface area (Å²) in [6.45, 7) is 3.40. The molecule has 1 aromatic carbocycles. The fraction of sp³-hybridized carbons (Fsp3) is 0.625. The Morgan fingerprint density at radius 3 is 2.78 bits per heavy atom. The van der Waals surface area contributed by atoms with Crippen LogP contribution in [0.25, 0.3) is 0 Å². The van der Waals surface area contributed by atoms with Gasteiger partial charge in [0.2, 0.25) is 0 Å². The highest BCUT2D eigenvalue weighted by Crippen LogP contribution is 2.34. The van der Waals surface area contributed by atoms with E-state index in [1.54, 1.807) is 0 Å². The van der Waals surface area contributed by atoms with Gasteiger partial charge in [-0.25, -0.2) is 0 Å². The van der Waals surface area contributed by atoms with E-state index < -0.39 is 0 Å². The summed E-state index contributed by atoms with van der Waals surface area (Å²) < 4.78 is 0. The van der Waals surface area contributed by atoms with Gasteiger partial charge in [-0.2, -0.15) is 0 Å². The summed E-state index contributed by atoms with van der Waals surface area (Å²) in [5.74, 6) is 0.947. The molecule has 2 rings (SSSR count). The standard InChI is InChI=1S/C16H24ClN/c1-2-12-18-16(14-10-11-14)9-5-7-13-6-3-4-8-15(13)17/h3-4,6,8,14,16,18H,2,5,7,9-12H2,1H3. The molecule has 0 amide bonds. The Morgan fingerprint density at radius 1 is 1.33 bits per heavy atom. The van der Waals surface area contributed by atoms with Crippen molar-refractivity contribution in [2.24, 2.45) is 5.92 Å². The van der Waals surface area contributed by atoms with Crippen molar-refractivity contribution in [1.29, 1.82) is 0 Å². The maximum atomic E-state index is 6.18. The molecule has 1 atom stereocenters. The van der Waals surface area contributed by atoms with Crippen LogP contribution in [-0.4, -0.2) is 12.6 Å². The van der Waals surface area contributed by atoms with Gasteiger partial charge in [0.1, 0.15) is 0 Å². The van der Waals surface area contributed by atoms with Crippen molar-refractivity contribution in [2.75, 3.05) is 6.54 Å². The number of hydrogen-bond acceptors (Lipinski definition) is 1. The fourth-order valence-electron chi connectivity index (χ4n) is 2.55. The Morgan fingerprint density at radius 2 is 2.11 bits per heavy atom. The number of halogens is 1. The summed E-state index contributed by atoms with van der Waals surface area (Å²) in [5.41, 5.74) is 1.30. The average Bonchev–Trinajstić information content (AvgIpc) is 3.20. The van der Waals surface area contributed by atoms with Crippen molar-refractivity contribution in [2.45, 2.75) is 51.5 Å². The predicted octanol–water partition coefficient (Wildman–Crippen LogP) is 4.44. The van der Waals surface area contributed by atoms with E-state index in [1.807, 2.05) is 12.1 Å². The van der Waals surface area contributed by atoms with Crippen LogP contribution in [0, 0.1) is 5.92 Å². The summed E-state index contributed by atoms with van der Waals surface area (Å²) in [4.78, 5) is 0. The first-order valence-electron chi connectivity index (χ1n) is 7.28. The predicted molar refractivity (Wildman–Crippen MR) is 79.2 cm³/mol. The molecule has 100 valence electrons. The molecule has 1 aliphatic carbocycles. The van der Waals surface area contributed by atoms with Crippen molar-refractivity contribution < 1.29 is 0 Å². The highest BCUT2D eigenvalue weighted by molar-refractivity contribution is 6.31. The van der Waals surface area contributed by atoms with Crippen LogP contribution >= 0.6 is 11.6 Å². The second-order valence-corrected chi connectivity index (χ2v) is 5.79. The third kappa shape index (κ3) is 4.29. The van der Waals surface area contributed by atoms with Crippen LogP contribution < -0.4 is 5.32 Å². The van der Waals surface area contributed by atoms with Crippen molar-refractivity contribution in [3.05, 3.63) is 34.9 Å². The lowest BCUT2D eigenvalue weighted by molar-refractivity contribution is 0.425. The second-order valence-electron chi connectivity index (χ2n) is 5.38. The van der Waals surface area contributed by atoms with Gasteiger partial charge in [0, 0.05) is 11.1 Å². The summed E-state index contributed by atoms with van der Waals surface area (Å²) in [7, 11) is 0. The van der Waals surface area contributed by atoms with Gasteiger partial charge >= 0.3 is 0 Å². The molecule has 1 fully saturated rings. The number of rotatable bonds is 8. The zero-order valence-corrected chi connectivity index (χ0v) is 12.0. The van der Waals surface area contributed by atoms with Crippen LogP contribution in [0.15, 0.2) is 24.3 Å². The maximum absolute atomic E-state index is 6.18. The van der Waals surface area contributed by atoms with Gasteiger partial charge in [-0.05, 0) is 62.6 Å². The Hall–Kier alpha value is -0.530. The smallest absolute Gasteiger partial charge is 0.0437 e. The Labute approximate surface area is 116 Å². The second kappa shape index (κ2) is 7.16. The maximum Gasteiger partial charge on any atom is 0.0437 e. The molecule has 18 heavy (non-hydrogen) atoms. The van der Waals surface area contributed by atoms with Crippen molar-refractivity contribution in [3.63, 3.8) is 0 Å². The molecule has 2 heteroatoms. The molecule has 0 heterocycles. The van der Waals surface area contributed by atoms with E-state index in [1.165, 1.54) is 37.7 Å². The molecular formula is C16H24ClN. The van der Waals surface area contributed by atoms with Crippen LogP contribution in [0.4, 0.5) is 0 Å². The normalized spacial score (nSPS) is 16.8. The first-order valence-corrected chi connectivity index (χ1v) is 7.66. The molecule has 1 unspecified atom stereocenters. The topological polar surface area (TPSA) is 12.0 Å². The molecule has 1 N–H and O–H groups in total. The van der Waals surface area contributed by atoms with E-state index in [9.17, 15) is 0 Å². The molecule has 0 saturated heterocycles. The molecular weight excluding hydrogens is 242 g/mol. The molecule has 0 aliphatic heterocycles. The third-order valence-electron chi connectivity index (χ3n) is 3.77. The number of nitrogens with one attached hydrogen (secondary N) is 1. The SMILES string of the molecule is CCCNC(CCCc1ccccc1Cl)C1CC1. The number of aryl methyl sites for hydroxylation is 1. The van der Waals surface area contributed by atoms with E-state index in [-0.39, 0.29) is 0 Å². The first kappa shape index (κ1) is 13.9. The largest absolute Gasteiger partial charge is 0.314 e. The number of benzene rings is 1. The molecule has 1 aromatic rings. The Kier molecular flexibility index (Phi) is 5.52. The average molecular weight is 266 g/mol. The minimum absolute atomic E-state index is 0.743. The van der Waals surface area contributed by atoms with Crippen LogP contribution in [0.2, 0.25) is 5.02 Å². The van der Waals surface area contributed by atoms with Crippen molar-refractivity contribution in [3.8, 4) is 0 Å². The highest BCUT2D eigenvalue weighted by atomic mass is 35.5. The van der Waals surface area contributed by atoms with Crippen LogP contribution in [-0.2, 0) is 6.42 Å². The molecule has 0 aromatic heterocycles. The summed E-state index contributed by atoms with van der Waals surface area (Å²) in [5, 5.41) is 4.62. The molecule has 0 radical (unpaired) electrons. The minimum Gasteiger partial charge on any atom is -0.314 e. The Balaban J connectivity index is 1.74. The minimum atomic E-state index is 0.743. The third-order valence-corrected chi connectivity index (χ3v) is 4.14. The molecule has 1 saturated carbocycles. The van der Waals surface area contributed by atoms with Gasteiger partial charge in [-0.15, -0.1) is 0 Å². The molecule has 1 aliphatic rings. The van der Waals surface area contributed by atoms with Crippen molar-refractivity contribution >= 4 is 11.6 Å². The van der Waals surface area contributed by atoms with Crippen LogP contribution in [0.3, 0.4) is 0 Å². The zero-order chi connectivity index (χ0) is 12.8. The Bertz CT molecular complexity index is 360.